The van der Waals surface area contributed by atoms with E-state index < -0.39 is 5.97 Å². The molecule has 0 aliphatic heterocycles. The Labute approximate surface area is 195 Å². The summed E-state index contributed by atoms with van der Waals surface area (Å²) < 4.78 is 13.3. The summed E-state index contributed by atoms with van der Waals surface area (Å²) in [6, 6.07) is 24.8. The second-order valence-electron chi connectivity index (χ2n) is 8.40. The first-order valence-electron chi connectivity index (χ1n) is 11.0. The van der Waals surface area contributed by atoms with Crippen molar-refractivity contribution in [3.63, 3.8) is 0 Å². The second kappa shape index (κ2) is 9.16. The average molecular weight is 459 g/mol. The number of aliphatic carboxylic acids is 1. The third-order valence-electron chi connectivity index (χ3n) is 6.13. The number of hydrogen-bond acceptors (Lipinski definition) is 4. The molecule has 166 valence electrons. The summed E-state index contributed by atoms with van der Waals surface area (Å²) >= 11 is 1.61. The van der Waals surface area contributed by atoms with Crippen molar-refractivity contribution >= 4 is 22.4 Å². The Bertz CT molecular complexity index is 1250. The highest BCUT2D eigenvalue weighted by Gasteiger charge is 2.34. The molecule has 1 heterocycles. The number of halogens is 1. The van der Waals surface area contributed by atoms with Crippen molar-refractivity contribution in [3.05, 3.63) is 84.7 Å². The second-order valence-corrected chi connectivity index (χ2v) is 9.40. The Kier molecular flexibility index (Phi) is 5.92. The topological polar surface area (TPSA) is 62.2 Å². The lowest BCUT2D eigenvalue weighted by Gasteiger charge is -2.32. The monoisotopic (exact) mass is 458 g/mol. The van der Waals surface area contributed by atoms with Crippen LogP contribution in [0.25, 0.3) is 32.8 Å². The Morgan fingerprint density at radius 2 is 1.52 bits per heavy atom. The number of aromatic nitrogens is 1. The quantitative estimate of drug-likeness (QED) is 0.319. The average Bonchev–Trinajstić information content (AvgIpc) is 3.23. The maximum absolute atomic E-state index is 13.3. The Balaban J connectivity index is 1.39. The third-order valence-corrected chi connectivity index (χ3v) is 7.19. The van der Waals surface area contributed by atoms with Crippen molar-refractivity contribution in [2.45, 2.75) is 12.8 Å². The molecule has 3 aromatic carbocycles. The van der Waals surface area contributed by atoms with Crippen molar-refractivity contribution in [1.82, 2.24) is 4.98 Å². The molecule has 1 fully saturated rings. The standard InChI is InChI=1S/C27H23FN2O2S/c28-23-12-10-19(11-13-23)18-6-8-20(9-7-18)24-25(21-4-2-1-3-5-21)33-27(30-24)29-16-17-14-22(15-17)26(31)32/h1-13,17,22H,14-16H2,(H,29,30)(H,31,32). The molecule has 0 amide bonds. The lowest BCUT2D eigenvalue weighted by Crippen LogP contribution is -2.34. The van der Waals surface area contributed by atoms with E-state index >= 15 is 0 Å². The van der Waals surface area contributed by atoms with E-state index in [1.54, 1.807) is 23.5 Å². The molecule has 0 spiro atoms. The predicted octanol–water partition coefficient (Wildman–Crippen LogP) is 6.81. The summed E-state index contributed by atoms with van der Waals surface area (Å²) in [5.74, 6) is -0.777. The van der Waals surface area contributed by atoms with Gasteiger partial charge in [-0.25, -0.2) is 9.37 Å². The van der Waals surface area contributed by atoms with E-state index in [0.29, 0.717) is 5.92 Å². The van der Waals surface area contributed by atoms with Crippen molar-refractivity contribution in [1.29, 1.82) is 0 Å². The third kappa shape index (κ3) is 4.66. The van der Waals surface area contributed by atoms with Crippen LogP contribution < -0.4 is 5.32 Å². The van der Waals surface area contributed by atoms with Gasteiger partial charge in [-0.2, -0.15) is 0 Å². The first-order valence-corrected chi connectivity index (χ1v) is 11.8. The van der Waals surface area contributed by atoms with Gasteiger partial charge >= 0.3 is 5.97 Å². The predicted molar refractivity (Wildman–Crippen MR) is 131 cm³/mol. The zero-order valence-corrected chi connectivity index (χ0v) is 18.7. The molecule has 4 aromatic rings. The van der Waals surface area contributed by atoms with Gasteiger partial charge in [0.2, 0.25) is 0 Å². The number of nitrogens with zero attached hydrogens (tertiary/aromatic N) is 1. The summed E-state index contributed by atoms with van der Waals surface area (Å²) in [6.45, 7) is 0.731. The van der Waals surface area contributed by atoms with Crippen LogP contribution in [0.15, 0.2) is 78.9 Å². The number of nitrogens with one attached hydrogen (secondary N) is 1. The molecule has 33 heavy (non-hydrogen) atoms. The lowest BCUT2D eigenvalue weighted by atomic mass is 9.75. The van der Waals surface area contributed by atoms with Gasteiger partial charge in [-0.3, -0.25) is 4.79 Å². The van der Waals surface area contributed by atoms with Gasteiger partial charge in [0.25, 0.3) is 0 Å². The number of thiazole rings is 1. The smallest absolute Gasteiger partial charge is 0.306 e. The van der Waals surface area contributed by atoms with E-state index in [-0.39, 0.29) is 11.7 Å². The van der Waals surface area contributed by atoms with Gasteiger partial charge in [-0.15, -0.1) is 0 Å². The minimum Gasteiger partial charge on any atom is -0.481 e. The molecule has 6 heteroatoms. The van der Waals surface area contributed by atoms with E-state index in [4.69, 9.17) is 10.1 Å². The summed E-state index contributed by atoms with van der Waals surface area (Å²) in [4.78, 5) is 17.0. The zero-order chi connectivity index (χ0) is 22.8. The van der Waals surface area contributed by atoms with Gasteiger partial charge in [0.05, 0.1) is 16.5 Å². The van der Waals surface area contributed by atoms with Crippen molar-refractivity contribution in [2.75, 3.05) is 11.9 Å². The number of carbonyl (C=O) groups is 1. The van der Waals surface area contributed by atoms with Crippen LogP contribution in [0.2, 0.25) is 0 Å². The molecule has 1 aromatic heterocycles. The molecule has 1 saturated carbocycles. The summed E-state index contributed by atoms with van der Waals surface area (Å²) in [5.41, 5.74) is 5.02. The maximum atomic E-state index is 13.3. The summed E-state index contributed by atoms with van der Waals surface area (Å²) in [7, 11) is 0. The first-order chi connectivity index (χ1) is 16.1. The normalized spacial score (nSPS) is 17.4. The van der Waals surface area contributed by atoms with Crippen LogP contribution in [0.1, 0.15) is 12.8 Å². The van der Waals surface area contributed by atoms with Gasteiger partial charge in [-0.1, -0.05) is 78.1 Å². The molecular weight excluding hydrogens is 435 g/mol. The van der Waals surface area contributed by atoms with E-state index in [1.807, 2.05) is 42.5 Å². The fourth-order valence-corrected chi connectivity index (χ4v) is 5.18. The number of hydrogen-bond donors (Lipinski definition) is 2. The van der Waals surface area contributed by atoms with Crippen LogP contribution in [0, 0.1) is 17.7 Å². The Hall–Kier alpha value is -3.51. The first kappa shape index (κ1) is 21.3. The van der Waals surface area contributed by atoms with Crippen LogP contribution in [0.4, 0.5) is 9.52 Å². The SMILES string of the molecule is O=C(O)C1CC(CNc2nc(-c3ccc(-c4ccc(F)cc4)cc3)c(-c3ccccc3)s2)C1. The minimum atomic E-state index is -0.696. The van der Waals surface area contributed by atoms with Crippen LogP contribution in [0.5, 0.6) is 0 Å². The number of benzene rings is 3. The highest BCUT2D eigenvalue weighted by molar-refractivity contribution is 7.19. The molecule has 0 unspecified atom stereocenters. The molecule has 1 aliphatic carbocycles. The van der Waals surface area contributed by atoms with Crippen LogP contribution in [-0.4, -0.2) is 22.6 Å². The molecule has 4 nitrogen and oxygen atoms in total. The molecule has 0 radical (unpaired) electrons. The molecule has 0 bridgehead atoms. The van der Waals surface area contributed by atoms with Crippen LogP contribution >= 0.6 is 11.3 Å². The number of rotatable bonds is 7. The summed E-state index contributed by atoms with van der Waals surface area (Å²) in [6.07, 6.45) is 1.44. The fraction of sp³-hybridized carbons (Fsp3) is 0.185. The van der Waals surface area contributed by atoms with Gasteiger partial charge in [0.1, 0.15) is 5.82 Å². The summed E-state index contributed by atoms with van der Waals surface area (Å²) in [5, 5.41) is 13.4. The van der Waals surface area contributed by atoms with Crippen LogP contribution in [0.3, 0.4) is 0 Å². The Morgan fingerprint density at radius 1 is 0.909 bits per heavy atom. The highest BCUT2D eigenvalue weighted by Crippen LogP contribution is 2.40. The molecular formula is C27H23FN2O2S. The fourth-order valence-electron chi connectivity index (χ4n) is 4.18. The number of carboxylic acid groups (broad SMARTS) is 1. The van der Waals surface area contributed by atoms with Crippen molar-refractivity contribution in [2.24, 2.45) is 11.8 Å². The van der Waals surface area contributed by atoms with Gasteiger partial charge < -0.3 is 10.4 Å². The lowest BCUT2D eigenvalue weighted by molar-refractivity contribution is -0.146. The zero-order valence-electron chi connectivity index (χ0n) is 17.9. The molecule has 5 rings (SSSR count). The van der Waals surface area contributed by atoms with E-state index in [1.165, 1.54) is 12.1 Å². The van der Waals surface area contributed by atoms with Crippen molar-refractivity contribution in [3.8, 4) is 32.8 Å². The minimum absolute atomic E-state index is 0.205. The van der Waals surface area contributed by atoms with E-state index in [0.717, 1.165) is 57.3 Å². The molecule has 0 saturated heterocycles. The van der Waals surface area contributed by atoms with Crippen LogP contribution in [-0.2, 0) is 4.79 Å². The van der Waals surface area contributed by atoms with E-state index in [9.17, 15) is 9.18 Å². The largest absolute Gasteiger partial charge is 0.481 e. The number of anilines is 1. The molecule has 1 aliphatic rings. The maximum Gasteiger partial charge on any atom is 0.306 e. The van der Waals surface area contributed by atoms with Gasteiger partial charge in [0, 0.05) is 12.1 Å². The van der Waals surface area contributed by atoms with E-state index in [2.05, 4.69) is 17.4 Å². The van der Waals surface area contributed by atoms with Gasteiger partial charge in [-0.05, 0) is 47.6 Å². The molecule has 0 atom stereocenters. The van der Waals surface area contributed by atoms with Crippen molar-refractivity contribution < 1.29 is 14.3 Å². The molecule has 2 N–H and O–H groups in total. The highest BCUT2D eigenvalue weighted by atomic mass is 32.1. The van der Waals surface area contributed by atoms with Gasteiger partial charge in [0.15, 0.2) is 5.13 Å². The number of carboxylic acids is 1. The Morgan fingerprint density at radius 3 is 2.15 bits per heavy atom.